The monoisotopic (exact) mass is 827 g/mol. The third-order valence-corrected chi connectivity index (χ3v) is 11.0. The number of aliphatic carboxylic acids is 1. The van der Waals surface area contributed by atoms with Crippen molar-refractivity contribution in [1.29, 1.82) is 0 Å². The van der Waals surface area contributed by atoms with E-state index in [0.29, 0.717) is 40.5 Å². The van der Waals surface area contributed by atoms with Crippen LogP contribution in [0.4, 0.5) is 0 Å². The van der Waals surface area contributed by atoms with E-state index in [0.717, 1.165) is 27.6 Å². The average molecular weight is 828 g/mol. The topological polar surface area (TPSA) is 268 Å². The zero-order valence-corrected chi connectivity index (χ0v) is 32.2. The molecule has 10 N–H and O–H groups in total. The predicted molar refractivity (Wildman–Crippen MR) is 212 cm³/mol. The number of carboxylic acid groups (broad SMARTS) is 1. The Morgan fingerprint density at radius 1 is 0.917 bits per heavy atom. The predicted octanol–water partition coefficient (Wildman–Crippen LogP) is 2.25. The summed E-state index contributed by atoms with van der Waals surface area (Å²) in [6.45, 7) is -0.237. The Balaban J connectivity index is 1.24. The van der Waals surface area contributed by atoms with Crippen LogP contribution in [-0.4, -0.2) is 112 Å². The molecule has 1 aromatic heterocycles. The van der Waals surface area contributed by atoms with Crippen molar-refractivity contribution >= 4 is 22.8 Å². The molecule has 9 atom stereocenters. The van der Waals surface area contributed by atoms with Crippen LogP contribution in [0, 0.1) is 0 Å². The number of rotatable bonds is 14. The van der Waals surface area contributed by atoms with Gasteiger partial charge in [-0.3, -0.25) is 9.59 Å². The van der Waals surface area contributed by atoms with Crippen molar-refractivity contribution in [3.8, 4) is 39.9 Å². The van der Waals surface area contributed by atoms with Crippen LogP contribution in [0.5, 0.6) is 28.7 Å². The Labute approximate surface area is 342 Å². The Hall–Kier alpha value is -5.92. The molecule has 0 radical (unpaired) electrons. The van der Waals surface area contributed by atoms with Crippen LogP contribution in [0.25, 0.3) is 22.0 Å². The molecule has 0 saturated carbocycles. The smallest absolute Gasteiger partial charge is 0.317 e. The van der Waals surface area contributed by atoms with E-state index in [1.807, 2.05) is 66.9 Å². The number of nitrogens with two attached hydrogens (primary N) is 2. The first-order chi connectivity index (χ1) is 29.0. The molecule has 0 aliphatic carbocycles. The zero-order valence-electron chi connectivity index (χ0n) is 32.2. The molecule has 60 heavy (non-hydrogen) atoms. The molecule has 8 rings (SSSR count). The second kappa shape index (κ2) is 17.0. The van der Waals surface area contributed by atoms with E-state index in [9.17, 15) is 30.0 Å². The number of para-hydroxylation sites is 1. The molecular formula is C43H45N3O14. The molecule has 4 aromatic carbocycles. The van der Waals surface area contributed by atoms with Gasteiger partial charge in [-0.2, -0.15) is 0 Å². The third-order valence-electron chi connectivity index (χ3n) is 11.0. The highest BCUT2D eigenvalue weighted by molar-refractivity contribution is 5.97. The van der Waals surface area contributed by atoms with Crippen LogP contribution in [0.2, 0.25) is 0 Å². The fourth-order valence-corrected chi connectivity index (χ4v) is 8.27. The van der Waals surface area contributed by atoms with Gasteiger partial charge in [0.05, 0.1) is 25.8 Å². The lowest BCUT2D eigenvalue weighted by atomic mass is 9.79. The lowest BCUT2D eigenvalue weighted by molar-refractivity contribution is -0.291. The maximum absolute atomic E-state index is 12.4. The number of hydrogen-bond acceptors (Lipinski definition) is 15. The number of aliphatic hydroxyl groups excluding tert-OH is 4. The largest absolute Gasteiger partial charge is 0.493 e. The summed E-state index contributed by atoms with van der Waals surface area (Å²) in [6.07, 6.45) is -12.0. The highest BCUT2D eigenvalue weighted by Crippen LogP contribution is 2.60. The van der Waals surface area contributed by atoms with Gasteiger partial charge in [-0.25, -0.2) is 0 Å². The molecule has 3 aliphatic heterocycles. The zero-order chi connectivity index (χ0) is 42.2. The lowest BCUT2D eigenvalue weighted by Gasteiger charge is -2.43. The number of methoxy groups -OCH3 is 1. The number of benzene rings is 4. The number of carbonyl (C=O) groups is 2. The summed E-state index contributed by atoms with van der Waals surface area (Å²) in [5, 5.41) is 52.8. The van der Waals surface area contributed by atoms with Gasteiger partial charge in [0.25, 0.3) is 0 Å². The lowest BCUT2D eigenvalue weighted by Crippen LogP contribution is -2.66. The van der Waals surface area contributed by atoms with Gasteiger partial charge in [-0.15, -0.1) is 0 Å². The summed E-state index contributed by atoms with van der Waals surface area (Å²) in [7, 11) is 1.52. The van der Waals surface area contributed by atoms with E-state index >= 15 is 0 Å². The molecule has 316 valence electrons. The number of fused-ring (bicyclic) bond motifs is 6. The fourth-order valence-electron chi connectivity index (χ4n) is 8.27. The molecule has 0 amide bonds. The summed E-state index contributed by atoms with van der Waals surface area (Å²) < 4.78 is 43.1. The van der Waals surface area contributed by atoms with Crippen LogP contribution in [0.1, 0.15) is 35.1 Å². The van der Waals surface area contributed by atoms with Crippen LogP contribution in [0.3, 0.4) is 0 Å². The van der Waals surface area contributed by atoms with E-state index in [1.165, 1.54) is 7.11 Å². The normalized spacial score (nSPS) is 24.7. The van der Waals surface area contributed by atoms with Crippen molar-refractivity contribution in [3.63, 3.8) is 0 Å². The van der Waals surface area contributed by atoms with Crippen LogP contribution >= 0.6 is 0 Å². The second-order valence-corrected chi connectivity index (χ2v) is 14.8. The number of nitrogens with one attached hydrogen (secondary N) is 1. The van der Waals surface area contributed by atoms with Gasteiger partial charge in [0, 0.05) is 46.3 Å². The molecule has 1 fully saturated rings. The van der Waals surface area contributed by atoms with Crippen LogP contribution in [0.15, 0.2) is 85.1 Å². The van der Waals surface area contributed by atoms with Gasteiger partial charge in [0.1, 0.15) is 61.2 Å². The minimum Gasteiger partial charge on any atom is -0.493 e. The molecule has 0 unspecified atom stereocenters. The standard InChI is InChI=1S/C43H45N3O14/c1-54-27-12-11-23-32-28(15-20-7-3-2-4-8-20)57-29-17-21(56-43-36(53)34(51)35(52)40(60-43)41(42(44)45)58-31(50)18-30(48)49)16-24(25-19-46-26-10-6-5-9-22(25)26)33(29)39(32)59-37(23)38(27)55-14-13-47/h2-12,16-17,19,28,32,34-36,39-43,46-47,51-53H,13-15,18,44-45H2,1H3,(H,48,49)/t28-,32-,34+,35+,36-,39-,40+,41+,43-/m1/s1. The van der Waals surface area contributed by atoms with Gasteiger partial charge in [-0.1, -0.05) is 54.6 Å². The average Bonchev–Trinajstić information content (AvgIpc) is 3.84. The molecule has 4 heterocycles. The van der Waals surface area contributed by atoms with Gasteiger partial charge in [-0.05, 0) is 29.3 Å². The van der Waals surface area contributed by atoms with Gasteiger partial charge in [0.2, 0.25) is 12.0 Å². The number of aromatic amines is 1. The number of ether oxygens (including phenoxy) is 7. The van der Waals surface area contributed by atoms with E-state index in [2.05, 4.69) is 4.98 Å². The first-order valence-electron chi connectivity index (χ1n) is 19.3. The molecule has 17 heteroatoms. The number of aromatic nitrogens is 1. The summed E-state index contributed by atoms with van der Waals surface area (Å²) in [4.78, 5) is 26.9. The van der Waals surface area contributed by atoms with E-state index in [1.54, 1.807) is 18.2 Å². The van der Waals surface area contributed by atoms with Crippen LogP contribution in [-0.2, 0) is 25.5 Å². The molecule has 3 aliphatic rings. The second-order valence-electron chi connectivity index (χ2n) is 14.8. The number of hydrogen-bond donors (Lipinski definition) is 8. The Bertz CT molecular complexity index is 2350. The van der Waals surface area contributed by atoms with E-state index < -0.39 is 73.5 Å². The Morgan fingerprint density at radius 2 is 1.68 bits per heavy atom. The maximum atomic E-state index is 12.4. The summed E-state index contributed by atoms with van der Waals surface area (Å²) >= 11 is 0. The van der Waals surface area contributed by atoms with Crippen molar-refractivity contribution in [1.82, 2.24) is 4.98 Å². The van der Waals surface area contributed by atoms with Crippen molar-refractivity contribution < 1.29 is 68.3 Å². The quantitative estimate of drug-likeness (QED) is 0.0453. The van der Waals surface area contributed by atoms with Crippen LogP contribution < -0.4 is 35.2 Å². The number of esters is 1. The molecule has 5 aromatic rings. The number of carboxylic acids is 1. The van der Waals surface area contributed by atoms with E-state index in [4.69, 9.17) is 49.7 Å². The Morgan fingerprint density at radius 3 is 2.42 bits per heavy atom. The van der Waals surface area contributed by atoms with Crippen molar-refractivity contribution in [2.24, 2.45) is 11.5 Å². The third kappa shape index (κ3) is 7.67. The maximum Gasteiger partial charge on any atom is 0.317 e. The highest BCUT2D eigenvalue weighted by atomic mass is 16.7. The minimum absolute atomic E-state index is 0.00225. The molecule has 0 bridgehead atoms. The van der Waals surface area contributed by atoms with Gasteiger partial charge in [0.15, 0.2) is 17.6 Å². The van der Waals surface area contributed by atoms with Gasteiger partial charge >= 0.3 is 11.9 Å². The number of H-pyrrole nitrogens is 1. The van der Waals surface area contributed by atoms with E-state index in [-0.39, 0.29) is 24.9 Å². The molecular weight excluding hydrogens is 782 g/mol. The fraction of sp³-hybridized carbons (Fsp3) is 0.349. The summed E-state index contributed by atoms with van der Waals surface area (Å²) in [5.74, 6) is -1.37. The van der Waals surface area contributed by atoms with Crippen molar-refractivity contribution in [3.05, 3.63) is 102 Å². The molecule has 1 saturated heterocycles. The summed E-state index contributed by atoms with van der Waals surface area (Å²) in [6, 6.07) is 24.6. The minimum atomic E-state index is -1.91. The first kappa shape index (κ1) is 40.8. The molecule has 0 spiro atoms. The SMILES string of the molecule is COc1ccc2c(c1OCCO)O[C@H]1c3c(cc(O[C@@H]4O[C@H]([C@H](OC(=O)CC(=O)O)C(N)N)[C@@H](O)[C@H](O)[C@H]4O)cc3-c3c[nH]c4ccccc34)O[C@H](Cc3ccccc3)[C@@H]21. The summed E-state index contributed by atoms with van der Waals surface area (Å²) in [5.41, 5.74) is 16.5. The molecule has 17 nitrogen and oxygen atoms in total. The van der Waals surface area contributed by atoms with Crippen molar-refractivity contribution in [2.75, 3.05) is 20.3 Å². The number of carbonyl (C=O) groups excluding carboxylic acids is 1. The Kier molecular flexibility index (Phi) is 11.6. The highest BCUT2D eigenvalue weighted by Gasteiger charge is 2.52. The number of aliphatic hydroxyl groups is 4. The van der Waals surface area contributed by atoms with Crippen molar-refractivity contribution in [2.45, 2.75) is 73.9 Å². The van der Waals surface area contributed by atoms with Gasteiger partial charge < -0.3 is 75.1 Å². The first-order valence-corrected chi connectivity index (χ1v) is 19.3.